The second kappa shape index (κ2) is 9.66. The van der Waals surface area contributed by atoms with Crippen LogP contribution >= 0.6 is 11.3 Å². The minimum absolute atomic E-state index is 0.160. The van der Waals surface area contributed by atoms with E-state index < -0.39 is 0 Å². The van der Waals surface area contributed by atoms with Gasteiger partial charge in [0, 0.05) is 24.2 Å². The Morgan fingerprint density at radius 3 is 2.68 bits per heavy atom. The van der Waals surface area contributed by atoms with Crippen molar-refractivity contribution in [3.63, 3.8) is 0 Å². The predicted octanol–water partition coefficient (Wildman–Crippen LogP) is 5.10. The Morgan fingerprint density at radius 1 is 1.11 bits per heavy atom. The number of hydrogen-bond acceptors (Lipinski definition) is 6. The van der Waals surface area contributed by atoms with Crippen LogP contribution < -0.4 is 14.8 Å². The average molecular weight is 398 g/mol. The summed E-state index contributed by atoms with van der Waals surface area (Å²) in [5.41, 5.74) is 3.07. The molecule has 5 nitrogen and oxygen atoms in total. The van der Waals surface area contributed by atoms with E-state index in [-0.39, 0.29) is 6.04 Å². The summed E-state index contributed by atoms with van der Waals surface area (Å²) in [6.07, 6.45) is 1.79. The molecule has 0 bridgehead atoms. The van der Waals surface area contributed by atoms with Crippen LogP contribution in [0.1, 0.15) is 38.1 Å². The van der Waals surface area contributed by atoms with E-state index in [9.17, 15) is 0 Å². The molecule has 0 saturated heterocycles. The molecule has 1 unspecified atom stereocenters. The SMILES string of the molecule is COc1cc(C(C)NCc2csc(-c3ccccn3)n2)ccc1OCC(C)C. The summed E-state index contributed by atoms with van der Waals surface area (Å²) < 4.78 is 11.4. The van der Waals surface area contributed by atoms with Gasteiger partial charge in [0.15, 0.2) is 11.5 Å². The van der Waals surface area contributed by atoms with Crippen LogP contribution in [0.4, 0.5) is 0 Å². The highest BCUT2D eigenvalue weighted by atomic mass is 32.1. The van der Waals surface area contributed by atoms with Crippen LogP contribution in [0.15, 0.2) is 48.0 Å². The standard InChI is InChI=1S/C22H27N3O2S/c1-15(2)13-27-20-9-8-17(11-21(20)26-4)16(3)24-12-18-14-28-22(25-18)19-7-5-6-10-23-19/h5-11,14-16,24H,12-13H2,1-4H3. The van der Waals surface area contributed by atoms with Gasteiger partial charge in [-0.3, -0.25) is 4.98 Å². The van der Waals surface area contributed by atoms with E-state index in [1.54, 1.807) is 24.6 Å². The quantitative estimate of drug-likeness (QED) is 0.544. The molecule has 3 aromatic rings. The third kappa shape index (κ3) is 5.30. The van der Waals surface area contributed by atoms with Crippen molar-refractivity contribution in [1.82, 2.24) is 15.3 Å². The monoisotopic (exact) mass is 397 g/mol. The highest BCUT2D eigenvalue weighted by molar-refractivity contribution is 7.13. The number of ether oxygens (including phenoxy) is 2. The molecule has 0 saturated carbocycles. The van der Waals surface area contributed by atoms with Gasteiger partial charge in [0.2, 0.25) is 0 Å². The summed E-state index contributed by atoms with van der Waals surface area (Å²) in [5, 5.41) is 6.55. The topological polar surface area (TPSA) is 56.3 Å². The molecule has 0 spiro atoms. The molecule has 0 aliphatic rings. The number of pyridine rings is 1. The summed E-state index contributed by atoms with van der Waals surface area (Å²) in [7, 11) is 1.67. The largest absolute Gasteiger partial charge is 0.493 e. The van der Waals surface area contributed by atoms with Crippen LogP contribution in [0, 0.1) is 5.92 Å². The number of hydrogen-bond donors (Lipinski definition) is 1. The van der Waals surface area contributed by atoms with Crippen LogP contribution in [-0.4, -0.2) is 23.7 Å². The average Bonchev–Trinajstić information content (AvgIpc) is 3.20. The number of rotatable bonds is 9. The molecule has 0 amide bonds. The van der Waals surface area contributed by atoms with Crippen molar-refractivity contribution in [1.29, 1.82) is 0 Å². The van der Waals surface area contributed by atoms with Gasteiger partial charge < -0.3 is 14.8 Å². The molecule has 2 heterocycles. The maximum atomic E-state index is 5.84. The second-order valence-corrected chi connectivity index (χ2v) is 7.93. The highest BCUT2D eigenvalue weighted by Crippen LogP contribution is 2.31. The minimum Gasteiger partial charge on any atom is -0.493 e. The fourth-order valence-corrected chi connectivity index (χ4v) is 3.49. The Hall–Kier alpha value is -2.44. The number of aromatic nitrogens is 2. The molecule has 2 aromatic heterocycles. The first-order valence-corrected chi connectivity index (χ1v) is 10.3. The molecule has 3 rings (SSSR count). The van der Waals surface area contributed by atoms with Crippen molar-refractivity contribution in [2.45, 2.75) is 33.4 Å². The van der Waals surface area contributed by atoms with Gasteiger partial charge in [-0.1, -0.05) is 26.0 Å². The lowest BCUT2D eigenvalue weighted by molar-refractivity contribution is 0.256. The summed E-state index contributed by atoms with van der Waals surface area (Å²) in [4.78, 5) is 9.04. The lowest BCUT2D eigenvalue weighted by Crippen LogP contribution is -2.18. The van der Waals surface area contributed by atoms with Crippen molar-refractivity contribution >= 4 is 11.3 Å². The molecule has 0 aliphatic carbocycles. The van der Waals surface area contributed by atoms with E-state index in [0.29, 0.717) is 19.1 Å². The van der Waals surface area contributed by atoms with E-state index in [2.05, 4.69) is 47.5 Å². The van der Waals surface area contributed by atoms with Crippen LogP contribution in [0.3, 0.4) is 0 Å². The van der Waals surface area contributed by atoms with Gasteiger partial charge in [-0.25, -0.2) is 4.98 Å². The fourth-order valence-electron chi connectivity index (χ4n) is 2.70. The zero-order valence-corrected chi connectivity index (χ0v) is 17.6. The van der Waals surface area contributed by atoms with Gasteiger partial charge in [0.1, 0.15) is 5.01 Å². The molecule has 1 aromatic carbocycles. The second-order valence-electron chi connectivity index (χ2n) is 7.08. The van der Waals surface area contributed by atoms with Crippen molar-refractivity contribution in [3.05, 3.63) is 59.2 Å². The van der Waals surface area contributed by atoms with Crippen LogP contribution in [0.5, 0.6) is 11.5 Å². The van der Waals surface area contributed by atoms with Gasteiger partial charge in [0.05, 0.1) is 25.1 Å². The van der Waals surface area contributed by atoms with E-state index in [1.807, 2.05) is 30.3 Å². The fraction of sp³-hybridized carbons (Fsp3) is 0.364. The predicted molar refractivity (Wildman–Crippen MR) is 114 cm³/mol. The molecule has 28 heavy (non-hydrogen) atoms. The number of thiazole rings is 1. The van der Waals surface area contributed by atoms with Gasteiger partial charge >= 0.3 is 0 Å². The molecule has 0 aliphatic heterocycles. The van der Waals surface area contributed by atoms with Crippen LogP contribution in [0.25, 0.3) is 10.7 Å². The lowest BCUT2D eigenvalue weighted by Gasteiger charge is -2.17. The molecule has 148 valence electrons. The maximum absolute atomic E-state index is 5.84. The third-order valence-corrected chi connectivity index (χ3v) is 5.20. The summed E-state index contributed by atoms with van der Waals surface area (Å²) >= 11 is 1.62. The Balaban J connectivity index is 1.62. The van der Waals surface area contributed by atoms with Crippen molar-refractivity contribution < 1.29 is 9.47 Å². The lowest BCUT2D eigenvalue weighted by atomic mass is 10.1. The molecule has 0 radical (unpaired) electrons. The van der Waals surface area contributed by atoms with Gasteiger partial charge in [-0.15, -0.1) is 11.3 Å². The number of nitrogens with zero attached hydrogens (tertiary/aromatic N) is 2. The third-order valence-electron chi connectivity index (χ3n) is 4.28. The number of methoxy groups -OCH3 is 1. The molecular weight excluding hydrogens is 370 g/mol. The first-order chi connectivity index (χ1) is 13.6. The zero-order chi connectivity index (χ0) is 19.9. The normalized spacial score (nSPS) is 12.2. The van der Waals surface area contributed by atoms with Gasteiger partial charge in [0.25, 0.3) is 0 Å². The van der Waals surface area contributed by atoms with E-state index in [4.69, 9.17) is 9.47 Å². The highest BCUT2D eigenvalue weighted by Gasteiger charge is 2.12. The van der Waals surface area contributed by atoms with E-state index in [1.165, 1.54) is 0 Å². The number of benzene rings is 1. The van der Waals surface area contributed by atoms with Gasteiger partial charge in [-0.2, -0.15) is 0 Å². The van der Waals surface area contributed by atoms with E-state index in [0.717, 1.165) is 33.5 Å². The van der Waals surface area contributed by atoms with Crippen molar-refractivity contribution in [3.8, 4) is 22.2 Å². The Kier molecular flexibility index (Phi) is 7.01. The summed E-state index contributed by atoms with van der Waals surface area (Å²) in [6, 6.07) is 12.1. The molecule has 6 heteroatoms. The minimum atomic E-state index is 0.160. The number of nitrogens with one attached hydrogen (secondary N) is 1. The zero-order valence-electron chi connectivity index (χ0n) is 16.8. The molecule has 1 atom stereocenters. The summed E-state index contributed by atoms with van der Waals surface area (Å²) in [5.74, 6) is 2.02. The van der Waals surface area contributed by atoms with Crippen molar-refractivity contribution in [2.75, 3.05) is 13.7 Å². The maximum Gasteiger partial charge on any atom is 0.161 e. The first kappa shape index (κ1) is 20.3. The smallest absolute Gasteiger partial charge is 0.161 e. The first-order valence-electron chi connectivity index (χ1n) is 9.46. The Labute approximate surface area is 170 Å². The molecule has 1 N–H and O–H groups in total. The summed E-state index contributed by atoms with van der Waals surface area (Å²) in [6.45, 7) is 7.76. The van der Waals surface area contributed by atoms with Crippen molar-refractivity contribution in [2.24, 2.45) is 5.92 Å². The van der Waals surface area contributed by atoms with Crippen LogP contribution in [0.2, 0.25) is 0 Å². The molecule has 0 fully saturated rings. The Morgan fingerprint density at radius 2 is 1.96 bits per heavy atom. The molecular formula is C22H27N3O2S. The van der Waals surface area contributed by atoms with Crippen LogP contribution in [-0.2, 0) is 6.54 Å². The Bertz CT molecular complexity index is 880. The van der Waals surface area contributed by atoms with E-state index >= 15 is 0 Å². The van der Waals surface area contributed by atoms with Gasteiger partial charge in [-0.05, 0) is 42.7 Å².